The van der Waals surface area contributed by atoms with Crippen LogP contribution in [0.15, 0.2) is 0 Å². The number of hydrogen-bond donors (Lipinski definition) is 0. The Bertz CT molecular complexity index is 119. The molecule has 0 atom stereocenters. The highest BCUT2D eigenvalue weighted by atomic mass is 35.5. The van der Waals surface area contributed by atoms with Crippen LogP contribution in [0.3, 0.4) is 0 Å². The molecule has 2 nitrogen and oxygen atoms in total. The van der Waals surface area contributed by atoms with Crippen molar-refractivity contribution in [2.45, 2.75) is 32.1 Å². The lowest BCUT2D eigenvalue weighted by Gasteiger charge is -2.04. The summed E-state index contributed by atoms with van der Waals surface area (Å²) >= 11 is 0. The van der Waals surface area contributed by atoms with Gasteiger partial charge in [-0.2, -0.15) is 0 Å². The molecule has 0 aromatic heterocycles. The first-order valence-electron chi connectivity index (χ1n) is 3.89. The summed E-state index contributed by atoms with van der Waals surface area (Å²) < 4.78 is 4.57. The van der Waals surface area contributed by atoms with Crippen molar-refractivity contribution in [3.05, 3.63) is 0 Å². The minimum absolute atomic E-state index is 0. The van der Waals surface area contributed by atoms with E-state index in [9.17, 15) is 4.79 Å². The first-order valence-corrected chi connectivity index (χ1v) is 3.89. The van der Waals surface area contributed by atoms with E-state index in [1.807, 2.05) is 0 Å². The molecule has 0 heterocycles. The Morgan fingerprint density at radius 2 is 2.00 bits per heavy atom. The van der Waals surface area contributed by atoms with Crippen LogP contribution in [-0.2, 0) is 9.53 Å². The van der Waals surface area contributed by atoms with Gasteiger partial charge in [-0.05, 0) is 18.8 Å². The molecule has 1 rings (SSSR count). The van der Waals surface area contributed by atoms with Crippen molar-refractivity contribution in [1.29, 1.82) is 0 Å². The summed E-state index contributed by atoms with van der Waals surface area (Å²) in [5.41, 5.74) is 0. The van der Waals surface area contributed by atoms with E-state index in [-0.39, 0.29) is 18.4 Å². The van der Waals surface area contributed by atoms with Gasteiger partial charge in [0.15, 0.2) is 0 Å². The predicted octanol–water partition coefficient (Wildman–Crippen LogP) is 2.16. The Balaban J connectivity index is 0.000001000. The third-order valence-electron chi connectivity index (χ3n) is 2.16. The summed E-state index contributed by atoms with van der Waals surface area (Å²) in [6, 6.07) is 0. The SMILES string of the molecule is COC(=O)CC1CCCC1.Cl. The van der Waals surface area contributed by atoms with Gasteiger partial charge in [-0.15, -0.1) is 12.4 Å². The minimum atomic E-state index is -0.0492. The van der Waals surface area contributed by atoms with Crippen molar-refractivity contribution in [3.8, 4) is 0 Å². The van der Waals surface area contributed by atoms with Crippen molar-refractivity contribution in [2.24, 2.45) is 5.92 Å². The van der Waals surface area contributed by atoms with Crippen LogP contribution < -0.4 is 0 Å². The van der Waals surface area contributed by atoms with Crippen LogP contribution in [0.25, 0.3) is 0 Å². The second kappa shape index (κ2) is 5.42. The molecule has 0 radical (unpaired) electrons. The van der Waals surface area contributed by atoms with Gasteiger partial charge in [-0.25, -0.2) is 0 Å². The van der Waals surface area contributed by atoms with E-state index in [0.29, 0.717) is 12.3 Å². The lowest BCUT2D eigenvalue weighted by atomic mass is 10.1. The highest BCUT2D eigenvalue weighted by Crippen LogP contribution is 2.27. The number of carbonyl (C=O) groups excluding carboxylic acids is 1. The van der Waals surface area contributed by atoms with Crippen molar-refractivity contribution in [2.75, 3.05) is 7.11 Å². The van der Waals surface area contributed by atoms with Gasteiger partial charge >= 0.3 is 5.97 Å². The van der Waals surface area contributed by atoms with E-state index < -0.39 is 0 Å². The topological polar surface area (TPSA) is 26.3 Å². The molecular weight excluding hydrogens is 164 g/mol. The standard InChI is InChI=1S/C8H14O2.ClH/c1-10-8(9)6-7-4-2-3-5-7;/h7H,2-6H2,1H3;1H. The highest BCUT2D eigenvalue weighted by molar-refractivity contribution is 5.85. The molecule has 11 heavy (non-hydrogen) atoms. The van der Waals surface area contributed by atoms with Crippen molar-refractivity contribution < 1.29 is 9.53 Å². The quantitative estimate of drug-likeness (QED) is 0.606. The average molecular weight is 179 g/mol. The maximum Gasteiger partial charge on any atom is 0.305 e. The lowest BCUT2D eigenvalue weighted by molar-refractivity contribution is -0.141. The second-order valence-electron chi connectivity index (χ2n) is 2.93. The molecule has 0 spiro atoms. The van der Waals surface area contributed by atoms with Crippen LogP contribution in [0.4, 0.5) is 0 Å². The summed E-state index contributed by atoms with van der Waals surface area (Å²) in [6.45, 7) is 0. The number of ether oxygens (including phenoxy) is 1. The molecule has 0 amide bonds. The van der Waals surface area contributed by atoms with E-state index in [2.05, 4.69) is 4.74 Å². The zero-order valence-electron chi connectivity index (χ0n) is 6.84. The van der Waals surface area contributed by atoms with Gasteiger partial charge in [-0.3, -0.25) is 4.79 Å². The summed E-state index contributed by atoms with van der Waals surface area (Å²) in [5.74, 6) is 0.569. The fourth-order valence-corrected chi connectivity index (χ4v) is 1.53. The third-order valence-corrected chi connectivity index (χ3v) is 2.16. The van der Waals surface area contributed by atoms with E-state index in [0.717, 1.165) is 0 Å². The molecule has 1 fully saturated rings. The average Bonchev–Trinajstić information content (AvgIpc) is 2.40. The first-order chi connectivity index (χ1) is 4.83. The van der Waals surface area contributed by atoms with Crippen LogP contribution in [0.1, 0.15) is 32.1 Å². The van der Waals surface area contributed by atoms with Crippen LogP contribution in [0, 0.1) is 5.92 Å². The maximum atomic E-state index is 10.7. The molecule has 1 aliphatic rings. The van der Waals surface area contributed by atoms with E-state index in [1.54, 1.807) is 0 Å². The molecule has 1 aliphatic carbocycles. The number of carbonyl (C=O) groups is 1. The van der Waals surface area contributed by atoms with Crippen LogP contribution in [0.5, 0.6) is 0 Å². The number of methoxy groups -OCH3 is 1. The van der Waals surface area contributed by atoms with Crippen molar-refractivity contribution in [3.63, 3.8) is 0 Å². The van der Waals surface area contributed by atoms with Gasteiger partial charge < -0.3 is 4.74 Å². The molecule has 0 aromatic rings. The maximum absolute atomic E-state index is 10.7. The summed E-state index contributed by atoms with van der Waals surface area (Å²) in [6.07, 6.45) is 5.66. The highest BCUT2D eigenvalue weighted by Gasteiger charge is 2.18. The fraction of sp³-hybridized carbons (Fsp3) is 0.875. The fourth-order valence-electron chi connectivity index (χ4n) is 1.53. The van der Waals surface area contributed by atoms with Crippen molar-refractivity contribution >= 4 is 18.4 Å². The molecule has 0 aromatic carbocycles. The van der Waals surface area contributed by atoms with Gasteiger partial charge in [0.05, 0.1) is 7.11 Å². The first kappa shape index (κ1) is 10.8. The normalized spacial score (nSPS) is 17.5. The van der Waals surface area contributed by atoms with Gasteiger partial charge in [0.25, 0.3) is 0 Å². The molecule has 0 aliphatic heterocycles. The number of hydrogen-bond acceptors (Lipinski definition) is 2. The van der Waals surface area contributed by atoms with E-state index >= 15 is 0 Å². The Morgan fingerprint density at radius 1 is 1.45 bits per heavy atom. The predicted molar refractivity (Wildman–Crippen MR) is 45.8 cm³/mol. The minimum Gasteiger partial charge on any atom is -0.469 e. The Morgan fingerprint density at radius 3 is 2.45 bits per heavy atom. The zero-order valence-corrected chi connectivity index (χ0v) is 7.65. The lowest BCUT2D eigenvalue weighted by Crippen LogP contribution is -2.06. The third kappa shape index (κ3) is 3.61. The zero-order chi connectivity index (χ0) is 7.40. The van der Waals surface area contributed by atoms with Crippen LogP contribution >= 0.6 is 12.4 Å². The van der Waals surface area contributed by atoms with Gasteiger partial charge in [0.2, 0.25) is 0 Å². The largest absolute Gasteiger partial charge is 0.469 e. The van der Waals surface area contributed by atoms with Gasteiger partial charge in [0.1, 0.15) is 0 Å². The smallest absolute Gasteiger partial charge is 0.305 e. The number of halogens is 1. The molecule has 0 unspecified atom stereocenters. The molecule has 3 heteroatoms. The summed E-state index contributed by atoms with van der Waals surface area (Å²) in [5, 5.41) is 0. The van der Waals surface area contributed by atoms with Crippen LogP contribution in [-0.4, -0.2) is 13.1 Å². The number of rotatable bonds is 2. The van der Waals surface area contributed by atoms with Crippen molar-refractivity contribution in [1.82, 2.24) is 0 Å². The Hall–Kier alpha value is -0.240. The van der Waals surface area contributed by atoms with Crippen LogP contribution in [0.2, 0.25) is 0 Å². The number of esters is 1. The monoisotopic (exact) mass is 178 g/mol. The van der Waals surface area contributed by atoms with Gasteiger partial charge in [-0.1, -0.05) is 12.8 Å². The van der Waals surface area contributed by atoms with E-state index in [4.69, 9.17) is 0 Å². The van der Waals surface area contributed by atoms with Gasteiger partial charge in [0, 0.05) is 6.42 Å². The molecule has 0 saturated heterocycles. The summed E-state index contributed by atoms with van der Waals surface area (Å²) in [4.78, 5) is 10.7. The Labute approximate surface area is 73.7 Å². The second-order valence-corrected chi connectivity index (χ2v) is 2.93. The van der Waals surface area contributed by atoms with E-state index in [1.165, 1.54) is 32.8 Å². The Kier molecular flexibility index (Phi) is 5.30. The molecule has 0 bridgehead atoms. The molecule has 66 valence electrons. The molecular formula is C8H15ClO2. The molecule has 1 saturated carbocycles. The summed E-state index contributed by atoms with van der Waals surface area (Å²) in [7, 11) is 1.46. The molecule has 0 N–H and O–H groups in total.